The van der Waals surface area contributed by atoms with Crippen molar-refractivity contribution in [2.45, 2.75) is 19.4 Å². The second-order valence-electron chi connectivity index (χ2n) is 6.24. The monoisotopic (exact) mass is 363 g/mol. The third kappa shape index (κ3) is 3.36. The lowest BCUT2D eigenvalue weighted by Crippen LogP contribution is -2.32. The van der Waals surface area contributed by atoms with Crippen LogP contribution >= 0.6 is 0 Å². The molecule has 0 radical (unpaired) electrons. The summed E-state index contributed by atoms with van der Waals surface area (Å²) in [7, 11) is 0. The van der Waals surface area contributed by atoms with Gasteiger partial charge in [0.05, 0.1) is 0 Å². The van der Waals surface area contributed by atoms with Crippen molar-refractivity contribution < 1.29 is 18.3 Å². The van der Waals surface area contributed by atoms with Crippen molar-refractivity contribution in [1.82, 2.24) is 0 Å². The highest BCUT2D eigenvalue weighted by atomic mass is 19.1. The van der Waals surface area contributed by atoms with E-state index >= 15 is 0 Å². The molecule has 4 rings (SSSR count). The highest BCUT2D eigenvalue weighted by Crippen LogP contribution is 2.30. The van der Waals surface area contributed by atoms with Crippen molar-refractivity contribution in [2.24, 2.45) is 0 Å². The quantitative estimate of drug-likeness (QED) is 0.508. The second-order valence-corrected chi connectivity index (χ2v) is 6.24. The highest BCUT2D eigenvalue weighted by Gasteiger charge is 2.20. The summed E-state index contributed by atoms with van der Waals surface area (Å²) >= 11 is 0. The van der Waals surface area contributed by atoms with E-state index in [-0.39, 0.29) is 11.7 Å². The first-order valence-corrected chi connectivity index (χ1v) is 8.79. The van der Waals surface area contributed by atoms with Gasteiger partial charge >= 0.3 is 0 Å². The molecule has 27 heavy (non-hydrogen) atoms. The van der Waals surface area contributed by atoms with Crippen LogP contribution in [0.4, 0.5) is 10.1 Å². The maximum absolute atomic E-state index is 13.8. The summed E-state index contributed by atoms with van der Waals surface area (Å²) in [6.07, 6.45) is -0.388. The van der Waals surface area contributed by atoms with Gasteiger partial charge in [0.1, 0.15) is 11.2 Å². The zero-order valence-corrected chi connectivity index (χ0v) is 14.7. The summed E-state index contributed by atoms with van der Waals surface area (Å²) in [4.78, 5) is 12.6. The van der Waals surface area contributed by atoms with Crippen LogP contribution in [0.15, 0.2) is 71.1 Å². The molecule has 5 heteroatoms. The third-order valence-electron chi connectivity index (χ3n) is 4.42. The lowest BCUT2D eigenvalue weighted by Gasteiger charge is -2.17. The van der Waals surface area contributed by atoms with Gasteiger partial charge in [-0.05, 0) is 36.8 Å². The van der Waals surface area contributed by atoms with E-state index in [0.717, 1.165) is 16.4 Å². The van der Waals surface area contributed by atoms with E-state index < -0.39 is 11.9 Å². The van der Waals surface area contributed by atoms with E-state index in [2.05, 4.69) is 5.32 Å². The van der Waals surface area contributed by atoms with Crippen molar-refractivity contribution in [1.29, 1.82) is 0 Å². The first kappa shape index (κ1) is 17.1. The molecule has 1 N–H and O–H groups in total. The summed E-state index contributed by atoms with van der Waals surface area (Å²) in [6, 6.07) is 19.3. The zero-order valence-electron chi connectivity index (χ0n) is 14.7. The van der Waals surface area contributed by atoms with Crippen LogP contribution in [-0.4, -0.2) is 12.0 Å². The predicted octanol–water partition coefficient (Wildman–Crippen LogP) is 5.52. The zero-order chi connectivity index (χ0) is 18.8. The van der Waals surface area contributed by atoms with Crippen molar-refractivity contribution in [3.05, 3.63) is 72.5 Å². The molecule has 1 aromatic heterocycles. The van der Waals surface area contributed by atoms with E-state index in [1.54, 1.807) is 18.2 Å². The van der Waals surface area contributed by atoms with Gasteiger partial charge in [0.25, 0.3) is 5.91 Å². The number of ether oxygens (including phenoxy) is 1. The fourth-order valence-corrected chi connectivity index (χ4v) is 3.04. The number of para-hydroxylation sites is 2. The van der Waals surface area contributed by atoms with Gasteiger partial charge in [-0.25, -0.2) is 4.39 Å². The van der Waals surface area contributed by atoms with Gasteiger partial charge in [0, 0.05) is 22.5 Å². The fourth-order valence-electron chi connectivity index (χ4n) is 3.04. The summed E-state index contributed by atoms with van der Waals surface area (Å²) in [5, 5.41) is 4.83. The molecule has 1 heterocycles. The van der Waals surface area contributed by atoms with Gasteiger partial charge in [-0.1, -0.05) is 37.3 Å². The number of benzene rings is 3. The minimum Gasteiger partial charge on any atom is -0.478 e. The van der Waals surface area contributed by atoms with Crippen LogP contribution in [-0.2, 0) is 4.79 Å². The number of rotatable bonds is 5. The summed E-state index contributed by atoms with van der Waals surface area (Å²) in [5.74, 6) is -0.768. The number of hydrogen-bond acceptors (Lipinski definition) is 3. The van der Waals surface area contributed by atoms with E-state index in [0.29, 0.717) is 17.7 Å². The Morgan fingerprint density at radius 1 is 1.04 bits per heavy atom. The number of nitrogens with one attached hydrogen (secondary N) is 1. The number of carbonyl (C=O) groups is 1. The van der Waals surface area contributed by atoms with Crippen molar-refractivity contribution in [3.63, 3.8) is 0 Å². The van der Waals surface area contributed by atoms with E-state index in [1.807, 2.05) is 43.3 Å². The minimum atomic E-state index is -0.798. The molecule has 4 aromatic rings. The molecule has 3 aromatic carbocycles. The van der Waals surface area contributed by atoms with Crippen molar-refractivity contribution in [3.8, 4) is 5.75 Å². The Morgan fingerprint density at radius 3 is 2.59 bits per heavy atom. The van der Waals surface area contributed by atoms with E-state index in [4.69, 9.17) is 9.15 Å². The fraction of sp³-hybridized carbons (Fsp3) is 0.136. The molecule has 4 nitrogen and oxygen atoms in total. The molecule has 136 valence electrons. The molecule has 1 amide bonds. The molecule has 0 aliphatic rings. The topological polar surface area (TPSA) is 51.5 Å². The summed E-state index contributed by atoms with van der Waals surface area (Å²) in [5.41, 5.74) is 2.09. The van der Waals surface area contributed by atoms with Gasteiger partial charge < -0.3 is 14.5 Å². The van der Waals surface area contributed by atoms with Crippen LogP contribution in [0.2, 0.25) is 0 Å². The molecule has 0 unspecified atom stereocenters. The molecular formula is C22H18FNO3. The molecule has 0 spiro atoms. The lowest BCUT2D eigenvalue weighted by molar-refractivity contribution is -0.122. The number of amides is 1. The molecular weight excluding hydrogens is 345 g/mol. The number of hydrogen-bond donors (Lipinski definition) is 1. The maximum atomic E-state index is 13.8. The normalized spacial score (nSPS) is 12.2. The third-order valence-corrected chi connectivity index (χ3v) is 4.42. The average Bonchev–Trinajstić information content (AvgIpc) is 3.05. The Hall–Kier alpha value is -3.34. The number of halogens is 1. The smallest absolute Gasteiger partial charge is 0.265 e. The molecule has 0 bridgehead atoms. The van der Waals surface area contributed by atoms with Gasteiger partial charge in [-0.15, -0.1) is 0 Å². The Balaban J connectivity index is 1.55. The molecule has 0 aliphatic carbocycles. The molecule has 1 atom stereocenters. The lowest BCUT2D eigenvalue weighted by atomic mass is 10.1. The van der Waals surface area contributed by atoms with Gasteiger partial charge in [-0.3, -0.25) is 4.79 Å². The highest BCUT2D eigenvalue weighted by molar-refractivity contribution is 6.06. The molecule has 0 saturated carbocycles. The molecule has 0 fully saturated rings. The Kier molecular flexibility index (Phi) is 4.50. The number of fused-ring (bicyclic) bond motifs is 3. The van der Waals surface area contributed by atoms with E-state index in [9.17, 15) is 9.18 Å². The Morgan fingerprint density at radius 2 is 1.78 bits per heavy atom. The van der Waals surface area contributed by atoms with Crippen LogP contribution in [0, 0.1) is 5.82 Å². The van der Waals surface area contributed by atoms with Crippen LogP contribution in [0.3, 0.4) is 0 Å². The van der Waals surface area contributed by atoms with Crippen molar-refractivity contribution >= 4 is 33.5 Å². The van der Waals surface area contributed by atoms with Gasteiger partial charge in [0.2, 0.25) is 0 Å². The maximum Gasteiger partial charge on any atom is 0.265 e. The van der Waals surface area contributed by atoms with Crippen LogP contribution < -0.4 is 10.1 Å². The number of furan rings is 1. The number of anilines is 1. The van der Waals surface area contributed by atoms with E-state index in [1.165, 1.54) is 12.1 Å². The largest absolute Gasteiger partial charge is 0.478 e. The standard InChI is InChI=1S/C22H18FNO3/c1-2-18(26-20-10-6-4-8-17(20)23)22(25)24-14-11-12-16-15-7-3-5-9-19(15)27-21(16)13-14/h3-13,18H,2H2,1H3,(H,24,25)/t18-/m0/s1. The van der Waals surface area contributed by atoms with Crippen LogP contribution in [0.5, 0.6) is 5.75 Å². The summed E-state index contributed by atoms with van der Waals surface area (Å²) in [6.45, 7) is 1.81. The summed E-state index contributed by atoms with van der Waals surface area (Å²) < 4.78 is 25.2. The minimum absolute atomic E-state index is 0.0623. The van der Waals surface area contributed by atoms with Crippen LogP contribution in [0.25, 0.3) is 21.9 Å². The first-order valence-electron chi connectivity index (χ1n) is 8.79. The van der Waals surface area contributed by atoms with Crippen LogP contribution in [0.1, 0.15) is 13.3 Å². The average molecular weight is 363 g/mol. The SMILES string of the molecule is CC[C@H](Oc1ccccc1F)C(=O)Nc1ccc2c(c1)oc1ccccc12. The second kappa shape index (κ2) is 7.11. The molecule has 0 aliphatic heterocycles. The number of carbonyl (C=O) groups excluding carboxylic acids is 1. The van der Waals surface area contributed by atoms with Crippen molar-refractivity contribution in [2.75, 3.05) is 5.32 Å². The molecule has 0 saturated heterocycles. The first-order chi connectivity index (χ1) is 13.2. The Labute approximate surface area is 155 Å². The predicted molar refractivity (Wildman–Crippen MR) is 103 cm³/mol. The van der Waals surface area contributed by atoms with Gasteiger partial charge in [-0.2, -0.15) is 0 Å². The van der Waals surface area contributed by atoms with Gasteiger partial charge in [0.15, 0.2) is 17.7 Å². The Bertz CT molecular complexity index is 1120.